The van der Waals surface area contributed by atoms with Crippen LogP contribution < -0.4 is 10.6 Å². The van der Waals surface area contributed by atoms with Gasteiger partial charge in [0.1, 0.15) is 11.6 Å². The average Bonchev–Trinajstić information content (AvgIpc) is 2.83. The van der Waals surface area contributed by atoms with E-state index in [1.807, 2.05) is 23.1 Å². The molecule has 0 saturated carbocycles. The largest absolute Gasteiger partial charge is 0.365 e. The minimum Gasteiger partial charge on any atom is -0.365 e. The first-order chi connectivity index (χ1) is 15.6. The summed E-state index contributed by atoms with van der Waals surface area (Å²) >= 11 is 0. The van der Waals surface area contributed by atoms with Gasteiger partial charge >= 0.3 is 0 Å². The van der Waals surface area contributed by atoms with Crippen molar-refractivity contribution < 1.29 is 14.0 Å². The molecule has 7 heteroatoms. The van der Waals surface area contributed by atoms with Gasteiger partial charge in [-0.15, -0.1) is 0 Å². The summed E-state index contributed by atoms with van der Waals surface area (Å²) in [6, 6.07) is 16.5. The molecule has 32 heavy (non-hydrogen) atoms. The number of piperidine rings is 1. The van der Waals surface area contributed by atoms with Crippen molar-refractivity contribution in [1.29, 1.82) is 0 Å². The third-order valence-corrected chi connectivity index (χ3v) is 5.41. The van der Waals surface area contributed by atoms with Gasteiger partial charge in [-0.25, -0.2) is 9.37 Å². The average molecular weight is 432 g/mol. The highest BCUT2D eigenvalue weighted by Gasteiger charge is 2.21. The number of benzene rings is 2. The second-order valence-corrected chi connectivity index (χ2v) is 7.77. The minimum absolute atomic E-state index is 0.00333. The first-order valence-electron chi connectivity index (χ1n) is 10.7. The van der Waals surface area contributed by atoms with E-state index in [1.165, 1.54) is 18.2 Å². The molecule has 164 valence electrons. The molecule has 0 unspecified atom stereocenters. The summed E-state index contributed by atoms with van der Waals surface area (Å²) in [6.07, 6.45) is 4.88. The molecule has 2 amide bonds. The zero-order chi connectivity index (χ0) is 22.3. The lowest BCUT2D eigenvalue weighted by Gasteiger charge is -2.27. The predicted molar refractivity (Wildman–Crippen MR) is 122 cm³/mol. The Bertz CT molecular complexity index is 1110. The zero-order valence-electron chi connectivity index (χ0n) is 17.7. The van der Waals surface area contributed by atoms with Crippen LogP contribution in [0.4, 0.5) is 15.9 Å². The first-order valence-corrected chi connectivity index (χ1v) is 10.7. The van der Waals surface area contributed by atoms with Crippen molar-refractivity contribution in [2.75, 3.05) is 23.7 Å². The molecule has 1 aromatic heterocycles. The molecule has 4 rings (SSSR count). The number of hydrogen-bond acceptors (Lipinski definition) is 4. The molecular formula is C25H25FN4O2. The van der Waals surface area contributed by atoms with Crippen molar-refractivity contribution in [3.8, 4) is 0 Å². The maximum absolute atomic E-state index is 13.4. The van der Waals surface area contributed by atoms with Crippen LogP contribution in [0, 0.1) is 5.82 Å². The van der Waals surface area contributed by atoms with Gasteiger partial charge in [0.05, 0.1) is 5.56 Å². The molecule has 0 spiro atoms. The maximum atomic E-state index is 13.4. The molecule has 0 radical (unpaired) electrons. The fourth-order valence-corrected chi connectivity index (χ4v) is 3.76. The first kappa shape index (κ1) is 21.5. The fourth-order valence-electron chi connectivity index (χ4n) is 3.76. The molecule has 1 aliphatic heterocycles. The van der Waals surface area contributed by atoms with Crippen LogP contribution in [0.15, 0.2) is 66.9 Å². The summed E-state index contributed by atoms with van der Waals surface area (Å²) in [5, 5.41) is 6.04. The Morgan fingerprint density at radius 1 is 0.969 bits per heavy atom. The lowest BCUT2D eigenvalue weighted by molar-refractivity contribution is 0.0724. The Morgan fingerprint density at radius 3 is 2.59 bits per heavy atom. The van der Waals surface area contributed by atoms with Gasteiger partial charge in [-0.05, 0) is 67.3 Å². The van der Waals surface area contributed by atoms with Crippen LogP contribution in [-0.4, -0.2) is 34.8 Å². The van der Waals surface area contributed by atoms with Gasteiger partial charge in [0.15, 0.2) is 0 Å². The molecule has 2 heterocycles. The molecule has 2 aromatic carbocycles. The number of anilines is 2. The molecule has 1 saturated heterocycles. The van der Waals surface area contributed by atoms with E-state index in [4.69, 9.17) is 0 Å². The van der Waals surface area contributed by atoms with Crippen molar-refractivity contribution >= 4 is 23.3 Å². The molecule has 1 aliphatic rings. The van der Waals surface area contributed by atoms with E-state index in [0.717, 1.165) is 37.9 Å². The quantitative estimate of drug-likeness (QED) is 0.592. The van der Waals surface area contributed by atoms with Crippen LogP contribution in [0.3, 0.4) is 0 Å². The smallest absolute Gasteiger partial charge is 0.257 e. The van der Waals surface area contributed by atoms with Gasteiger partial charge in [0.2, 0.25) is 0 Å². The van der Waals surface area contributed by atoms with Crippen molar-refractivity contribution in [2.45, 2.75) is 25.8 Å². The Hall–Kier alpha value is -3.74. The van der Waals surface area contributed by atoms with Crippen molar-refractivity contribution in [3.05, 3.63) is 89.4 Å². The topological polar surface area (TPSA) is 74.3 Å². The van der Waals surface area contributed by atoms with Gasteiger partial charge < -0.3 is 15.5 Å². The van der Waals surface area contributed by atoms with Crippen LogP contribution in [-0.2, 0) is 6.54 Å². The Kier molecular flexibility index (Phi) is 6.75. The molecule has 0 bridgehead atoms. The zero-order valence-corrected chi connectivity index (χ0v) is 17.7. The number of nitrogens with zero attached hydrogens (tertiary/aromatic N) is 2. The number of carbonyl (C=O) groups excluding carboxylic acids is 2. The van der Waals surface area contributed by atoms with E-state index < -0.39 is 5.82 Å². The predicted octanol–water partition coefficient (Wildman–Crippen LogP) is 4.71. The Morgan fingerprint density at radius 2 is 1.78 bits per heavy atom. The van der Waals surface area contributed by atoms with E-state index in [0.29, 0.717) is 23.6 Å². The Balaban J connectivity index is 1.42. The standard InChI is InChI=1S/C25H25FN4O2/c26-20-9-5-8-19(16-20)24(31)29-21-10-4-7-18(15-21)17-28-23-22(11-6-12-27-23)25(32)30-13-2-1-3-14-30/h4-12,15-16H,1-3,13-14,17H2,(H,27,28)(H,29,31). The van der Waals surface area contributed by atoms with Crippen molar-refractivity contribution in [1.82, 2.24) is 9.88 Å². The Labute approximate surface area is 186 Å². The number of amides is 2. The summed E-state index contributed by atoms with van der Waals surface area (Å²) in [7, 11) is 0. The molecule has 2 N–H and O–H groups in total. The van der Waals surface area contributed by atoms with Crippen LogP contribution >= 0.6 is 0 Å². The summed E-state index contributed by atoms with van der Waals surface area (Å²) in [5.74, 6) is -0.303. The lowest BCUT2D eigenvalue weighted by atomic mass is 10.1. The van der Waals surface area contributed by atoms with Gasteiger partial charge in [0.25, 0.3) is 11.8 Å². The normalized spacial score (nSPS) is 13.5. The molecule has 3 aromatic rings. The number of pyridine rings is 1. The van der Waals surface area contributed by atoms with Crippen LogP contribution in [0.25, 0.3) is 0 Å². The maximum Gasteiger partial charge on any atom is 0.257 e. The minimum atomic E-state index is -0.458. The van der Waals surface area contributed by atoms with Crippen molar-refractivity contribution in [3.63, 3.8) is 0 Å². The van der Waals surface area contributed by atoms with Crippen molar-refractivity contribution in [2.24, 2.45) is 0 Å². The number of nitrogens with one attached hydrogen (secondary N) is 2. The summed E-state index contributed by atoms with van der Waals surface area (Å²) < 4.78 is 13.4. The molecule has 0 aliphatic carbocycles. The van der Waals surface area contributed by atoms with E-state index in [1.54, 1.807) is 30.5 Å². The number of rotatable bonds is 6. The van der Waals surface area contributed by atoms with E-state index in [9.17, 15) is 14.0 Å². The summed E-state index contributed by atoms with van der Waals surface area (Å²) in [5.41, 5.74) is 2.32. The second-order valence-electron chi connectivity index (χ2n) is 7.77. The molecule has 1 fully saturated rings. The second kappa shape index (κ2) is 10.0. The molecule has 0 atom stereocenters. The lowest BCUT2D eigenvalue weighted by Crippen LogP contribution is -2.36. The van der Waals surface area contributed by atoms with Crippen LogP contribution in [0.5, 0.6) is 0 Å². The SMILES string of the molecule is O=C(Nc1cccc(CNc2ncccc2C(=O)N2CCCCC2)c1)c1cccc(F)c1. The highest BCUT2D eigenvalue weighted by atomic mass is 19.1. The summed E-state index contributed by atoms with van der Waals surface area (Å²) in [4.78, 5) is 31.6. The van der Waals surface area contributed by atoms with Gasteiger partial charge in [-0.3, -0.25) is 9.59 Å². The van der Waals surface area contributed by atoms with Gasteiger partial charge in [-0.1, -0.05) is 18.2 Å². The number of aromatic nitrogens is 1. The highest BCUT2D eigenvalue weighted by molar-refractivity contribution is 6.04. The number of likely N-dealkylation sites (tertiary alicyclic amines) is 1. The number of carbonyl (C=O) groups is 2. The van der Waals surface area contributed by atoms with Gasteiger partial charge in [-0.2, -0.15) is 0 Å². The summed E-state index contributed by atoms with van der Waals surface area (Å²) in [6.45, 7) is 1.99. The number of halogens is 1. The highest BCUT2D eigenvalue weighted by Crippen LogP contribution is 2.20. The van der Waals surface area contributed by atoms with E-state index >= 15 is 0 Å². The number of hydrogen-bond donors (Lipinski definition) is 2. The third kappa shape index (κ3) is 5.29. The molecular weight excluding hydrogens is 407 g/mol. The van der Waals surface area contributed by atoms with Crippen LogP contribution in [0.1, 0.15) is 45.5 Å². The monoisotopic (exact) mass is 432 g/mol. The van der Waals surface area contributed by atoms with Gasteiger partial charge in [0, 0.05) is 37.1 Å². The third-order valence-electron chi connectivity index (χ3n) is 5.41. The van der Waals surface area contributed by atoms with Crippen LogP contribution in [0.2, 0.25) is 0 Å². The fraction of sp³-hybridized carbons (Fsp3) is 0.240. The van der Waals surface area contributed by atoms with E-state index in [-0.39, 0.29) is 17.4 Å². The molecule has 6 nitrogen and oxygen atoms in total. The van der Waals surface area contributed by atoms with E-state index in [2.05, 4.69) is 15.6 Å².